The fourth-order valence-corrected chi connectivity index (χ4v) is 2.15. The van der Waals surface area contributed by atoms with Gasteiger partial charge in [-0.25, -0.2) is 4.98 Å². The fraction of sp³-hybridized carbons (Fsp3) is 0.615. The zero-order valence-corrected chi connectivity index (χ0v) is 10.0. The van der Waals surface area contributed by atoms with Gasteiger partial charge in [-0.2, -0.15) is 0 Å². The Hall–Kier alpha value is -1.09. The summed E-state index contributed by atoms with van der Waals surface area (Å²) in [6.45, 7) is 4.28. The minimum Gasteiger partial charge on any atom is -0.357 e. The quantitative estimate of drug-likeness (QED) is 0.831. The molecule has 88 valence electrons. The van der Waals surface area contributed by atoms with Gasteiger partial charge in [-0.05, 0) is 31.4 Å². The van der Waals surface area contributed by atoms with E-state index in [4.69, 9.17) is 5.73 Å². The molecule has 2 N–H and O–H groups in total. The minimum absolute atomic E-state index is 0.0747. The number of pyridine rings is 1. The maximum atomic E-state index is 5.81. The molecule has 1 fully saturated rings. The summed E-state index contributed by atoms with van der Waals surface area (Å²) in [5.41, 5.74) is 6.92. The average molecular weight is 219 g/mol. The van der Waals surface area contributed by atoms with Crippen molar-refractivity contribution in [1.82, 2.24) is 4.98 Å². The third-order valence-corrected chi connectivity index (χ3v) is 3.23. The van der Waals surface area contributed by atoms with Gasteiger partial charge in [0.15, 0.2) is 0 Å². The van der Waals surface area contributed by atoms with Crippen LogP contribution in [0.1, 0.15) is 44.2 Å². The predicted octanol–water partition coefficient (Wildman–Crippen LogP) is 2.48. The second-order valence-corrected chi connectivity index (χ2v) is 4.64. The minimum atomic E-state index is 0.0747. The smallest absolute Gasteiger partial charge is 0.128 e. The van der Waals surface area contributed by atoms with Crippen LogP contribution < -0.4 is 10.6 Å². The van der Waals surface area contributed by atoms with E-state index in [1.54, 1.807) is 0 Å². The molecule has 0 unspecified atom stereocenters. The highest BCUT2D eigenvalue weighted by molar-refractivity contribution is 5.39. The normalized spacial score (nSPS) is 19.2. The summed E-state index contributed by atoms with van der Waals surface area (Å²) in [5, 5.41) is 0. The van der Waals surface area contributed by atoms with E-state index < -0.39 is 0 Å². The molecule has 1 aliphatic heterocycles. The molecule has 16 heavy (non-hydrogen) atoms. The summed E-state index contributed by atoms with van der Waals surface area (Å²) in [7, 11) is 0. The Morgan fingerprint density at radius 1 is 1.19 bits per heavy atom. The third kappa shape index (κ3) is 2.73. The number of anilines is 1. The average Bonchev–Trinajstić information content (AvgIpc) is 2.57. The summed E-state index contributed by atoms with van der Waals surface area (Å²) < 4.78 is 0. The lowest BCUT2D eigenvalue weighted by Gasteiger charge is -2.21. The Labute approximate surface area is 97.7 Å². The molecule has 0 radical (unpaired) electrons. The van der Waals surface area contributed by atoms with E-state index >= 15 is 0 Å². The monoisotopic (exact) mass is 219 g/mol. The standard InChI is InChI=1S/C13H21N3/c1-11(14)12-6-7-13(15-10-12)16-8-4-2-3-5-9-16/h6-7,10-11H,2-5,8-9,14H2,1H3/t11-/m0/s1. The Morgan fingerprint density at radius 2 is 1.88 bits per heavy atom. The van der Waals surface area contributed by atoms with Crippen LogP contribution in [-0.2, 0) is 0 Å². The highest BCUT2D eigenvalue weighted by atomic mass is 15.2. The number of rotatable bonds is 2. The molecule has 0 bridgehead atoms. The summed E-state index contributed by atoms with van der Waals surface area (Å²) in [6.07, 6.45) is 7.20. The number of nitrogens with two attached hydrogens (primary N) is 1. The lowest BCUT2D eigenvalue weighted by molar-refractivity contribution is 0.726. The first-order valence-electron chi connectivity index (χ1n) is 6.24. The van der Waals surface area contributed by atoms with Crippen molar-refractivity contribution in [3.63, 3.8) is 0 Å². The highest BCUT2D eigenvalue weighted by Gasteiger charge is 2.11. The zero-order valence-electron chi connectivity index (χ0n) is 10.0. The first-order valence-corrected chi connectivity index (χ1v) is 6.24. The van der Waals surface area contributed by atoms with Crippen molar-refractivity contribution in [1.29, 1.82) is 0 Å². The molecule has 1 atom stereocenters. The van der Waals surface area contributed by atoms with Gasteiger partial charge in [-0.3, -0.25) is 0 Å². The topological polar surface area (TPSA) is 42.1 Å². The second kappa shape index (κ2) is 5.30. The van der Waals surface area contributed by atoms with E-state index in [1.807, 2.05) is 13.1 Å². The van der Waals surface area contributed by atoms with Gasteiger partial charge in [-0.15, -0.1) is 0 Å². The van der Waals surface area contributed by atoms with Gasteiger partial charge >= 0.3 is 0 Å². The van der Waals surface area contributed by atoms with Crippen LogP contribution in [0.4, 0.5) is 5.82 Å². The van der Waals surface area contributed by atoms with Crippen LogP contribution in [0.5, 0.6) is 0 Å². The van der Waals surface area contributed by atoms with Crippen molar-refractivity contribution in [2.24, 2.45) is 5.73 Å². The molecule has 1 aliphatic rings. The molecule has 1 saturated heterocycles. The maximum Gasteiger partial charge on any atom is 0.128 e. The van der Waals surface area contributed by atoms with Crippen molar-refractivity contribution >= 4 is 5.82 Å². The van der Waals surface area contributed by atoms with Crippen molar-refractivity contribution in [3.8, 4) is 0 Å². The lowest BCUT2D eigenvalue weighted by atomic mass is 10.1. The van der Waals surface area contributed by atoms with Crippen LogP contribution in [0, 0.1) is 0 Å². The molecule has 0 aliphatic carbocycles. The van der Waals surface area contributed by atoms with Crippen molar-refractivity contribution in [2.45, 2.75) is 38.6 Å². The number of aromatic nitrogens is 1. The largest absolute Gasteiger partial charge is 0.357 e. The van der Waals surface area contributed by atoms with E-state index in [-0.39, 0.29) is 6.04 Å². The van der Waals surface area contributed by atoms with Gasteiger partial charge in [0, 0.05) is 25.3 Å². The molecular formula is C13H21N3. The summed E-state index contributed by atoms with van der Waals surface area (Å²) >= 11 is 0. The maximum absolute atomic E-state index is 5.81. The highest BCUT2D eigenvalue weighted by Crippen LogP contribution is 2.18. The van der Waals surface area contributed by atoms with Crippen molar-refractivity contribution < 1.29 is 0 Å². The summed E-state index contributed by atoms with van der Waals surface area (Å²) in [5.74, 6) is 1.10. The molecule has 1 aromatic rings. The van der Waals surface area contributed by atoms with Gasteiger partial charge in [0.1, 0.15) is 5.82 Å². The number of nitrogens with zero attached hydrogens (tertiary/aromatic N) is 2. The predicted molar refractivity (Wildman–Crippen MR) is 67.5 cm³/mol. The summed E-state index contributed by atoms with van der Waals surface area (Å²) in [4.78, 5) is 6.90. The van der Waals surface area contributed by atoms with Crippen LogP contribution in [-0.4, -0.2) is 18.1 Å². The van der Waals surface area contributed by atoms with Crippen LogP contribution in [0.2, 0.25) is 0 Å². The first kappa shape index (κ1) is 11.4. The van der Waals surface area contributed by atoms with E-state index in [0.717, 1.165) is 24.5 Å². The van der Waals surface area contributed by atoms with Gasteiger partial charge < -0.3 is 10.6 Å². The van der Waals surface area contributed by atoms with Crippen LogP contribution >= 0.6 is 0 Å². The van der Waals surface area contributed by atoms with Crippen LogP contribution in [0.3, 0.4) is 0 Å². The van der Waals surface area contributed by atoms with Crippen LogP contribution in [0.15, 0.2) is 18.3 Å². The lowest BCUT2D eigenvalue weighted by Crippen LogP contribution is -2.24. The van der Waals surface area contributed by atoms with Crippen molar-refractivity contribution in [2.75, 3.05) is 18.0 Å². The van der Waals surface area contributed by atoms with E-state index in [1.165, 1.54) is 25.7 Å². The molecular weight excluding hydrogens is 198 g/mol. The first-order chi connectivity index (χ1) is 7.77. The number of hydrogen-bond acceptors (Lipinski definition) is 3. The van der Waals surface area contributed by atoms with Gasteiger partial charge in [0.2, 0.25) is 0 Å². The Balaban J connectivity index is 2.07. The Morgan fingerprint density at radius 3 is 2.38 bits per heavy atom. The molecule has 2 heterocycles. The third-order valence-electron chi connectivity index (χ3n) is 3.23. The van der Waals surface area contributed by atoms with E-state index in [0.29, 0.717) is 0 Å². The van der Waals surface area contributed by atoms with Crippen molar-refractivity contribution in [3.05, 3.63) is 23.9 Å². The Bertz CT molecular complexity index is 310. The Kier molecular flexibility index (Phi) is 3.78. The molecule has 1 aromatic heterocycles. The van der Waals surface area contributed by atoms with Gasteiger partial charge in [-0.1, -0.05) is 18.9 Å². The SMILES string of the molecule is C[C@H](N)c1ccc(N2CCCCCC2)nc1. The number of hydrogen-bond donors (Lipinski definition) is 1. The van der Waals surface area contributed by atoms with E-state index in [2.05, 4.69) is 22.0 Å². The second-order valence-electron chi connectivity index (χ2n) is 4.64. The molecule has 3 heteroatoms. The zero-order chi connectivity index (χ0) is 11.4. The van der Waals surface area contributed by atoms with Gasteiger partial charge in [0.25, 0.3) is 0 Å². The molecule has 0 spiro atoms. The molecule has 3 nitrogen and oxygen atoms in total. The van der Waals surface area contributed by atoms with Crippen LogP contribution in [0.25, 0.3) is 0 Å². The van der Waals surface area contributed by atoms with E-state index in [9.17, 15) is 0 Å². The fourth-order valence-electron chi connectivity index (χ4n) is 2.15. The molecule has 0 amide bonds. The summed E-state index contributed by atoms with van der Waals surface area (Å²) in [6, 6.07) is 4.27. The molecule has 2 rings (SSSR count). The molecule has 0 aromatic carbocycles. The molecule has 0 saturated carbocycles. The van der Waals surface area contributed by atoms with Gasteiger partial charge in [0.05, 0.1) is 0 Å².